The molecule has 1 N–H and O–H groups in total. The zero-order chi connectivity index (χ0) is 17.9. The van der Waals surface area contributed by atoms with Gasteiger partial charge < -0.3 is 4.42 Å². The fraction of sp³-hybridized carbons (Fsp3) is 0.300. The van der Waals surface area contributed by atoms with Crippen LogP contribution >= 0.6 is 0 Å². The molecule has 0 bridgehead atoms. The number of anilines is 1. The highest BCUT2D eigenvalue weighted by Crippen LogP contribution is 2.25. The molecule has 0 atom stereocenters. The van der Waals surface area contributed by atoms with Crippen molar-refractivity contribution in [2.45, 2.75) is 40.0 Å². The number of hydrogen-bond acceptors (Lipinski definition) is 3. The Morgan fingerprint density at radius 1 is 1.21 bits per heavy atom. The van der Waals surface area contributed by atoms with Gasteiger partial charge in [0.2, 0.25) is 5.88 Å². The van der Waals surface area contributed by atoms with Gasteiger partial charge in [0.15, 0.2) is 0 Å². The van der Waals surface area contributed by atoms with Crippen molar-refractivity contribution < 1.29 is 9.21 Å². The minimum absolute atomic E-state index is 0.0995. The highest BCUT2D eigenvalue weighted by atomic mass is 16.4. The van der Waals surface area contributed by atoms with E-state index in [1.807, 2.05) is 12.1 Å². The van der Waals surface area contributed by atoms with Crippen LogP contribution in [-0.2, 0) is 10.2 Å². The van der Waals surface area contributed by atoms with Crippen molar-refractivity contribution in [1.82, 2.24) is 0 Å². The summed E-state index contributed by atoms with van der Waals surface area (Å²) >= 11 is 0. The van der Waals surface area contributed by atoms with Crippen LogP contribution in [0.1, 0.15) is 48.8 Å². The number of carbonyl (C=O) groups excluding carboxylic acids is 1. The number of carbonyl (C=O) groups is 1. The van der Waals surface area contributed by atoms with E-state index in [4.69, 9.17) is 9.68 Å². The first-order chi connectivity index (χ1) is 11.2. The second kappa shape index (κ2) is 6.76. The van der Waals surface area contributed by atoms with E-state index in [-0.39, 0.29) is 17.2 Å². The molecule has 2 aromatic rings. The topological polar surface area (TPSA) is 66.0 Å². The monoisotopic (exact) mass is 322 g/mol. The molecule has 124 valence electrons. The number of benzene rings is 1. The molecule has 1 aromatic heterocycles. The summed E-state index contributed by atoms with van der Waals surface area (Å²) in [7, 11) is 0. The van der Waals surface area contributed by atoms with Crippen molar-refractivity contribution >= 4 is 17.9 Å². The van der Waals surface area contributed by atoms with Crippen molar-refractivity contribution in [1.29, 1.82) is 5.26 Å². The molecule has 4 heteroatoms. The zero-order valence-electron chi connectivity index (χ0n) is 14.7. The van der Waals surface area contributed by atoms with Crippen LogP contribution in [0.3, 0.4) is 0 Å². The van der Waals surface area contributed by atoms with E-state index in [0.29, 0.717) is 11.3 Å². The van der Waals surface area contributed by atoms with Gasteiger partial charge in [-0.1, -0.05) is 45.0 Å². The summed E-state index contributed by atoms with van der Waals surface area (Å²) in [6, 6.07) is 10.1. The van der Waals surface area contributed by atoms with Crippen molar-refractivity contribution in [3.63, 3.8) is 0 Å². The Bertz CT molecular complexity index is 813. The lowest BCUT2D eigenvalue weighted by Gasteiger charge is -2.18. The van der Waals surface area contributed by atoms with Crippen LogP contribution in [0.2, 0.25) is 0 Å². The van der Waals surface area contributed by atoms with E-state index < -0.39 is 0 Å². The second-order valence-electron chi connectivity index (χ2n) is 6.79. The van der Waals surface area contributed by atoms with E-state index in [1.54, 1.807) is 19.9 Å². The van der Waals surface area contributed by atoms with Gasteiger partial charge in [-0.2, -0.15) is 5.26 Å². The Kier molecular flexibility index (Phi) is 4.94. The predicted octanol–water partition coefficient (Wildman–Crippen LogP) is 4.72. The molecule has 0 aliphatic carbocycles. The lowest BCUT2D eigenvalue weighted by Crippen LogP contribution is -2.10. The summed E-state index contributed by atoms with van der Waals surface area (Å²) in [6.45, 7) is 10.0. The van der Waals surface area contributed by atoms with Crippen LogP contribution in [0.25, 0.3) is 6.08 Å². The van der Waals surface area contributed by atoms with Crippen molar-refractivity contribution in [3.8, 4) is 6.07 Å². The first kappa shape index (κ1) is 17.6. The van der Waals surface area contributed by atoms with Crippen molar-refractivity contribution in [2.75, 3.05) is 5.32 Å². The molecule has 1 heterocycles. The third kappa shape index (κ3) is 3.94. The summed E-state index contributed by atoms with van der Waals surface area (Å²) < 4.78 is 5.42. The number of amides is 1. The van der Waals surface area contributed by atoms with Crippen LogP contribution < -0.4 is 5.32 Å². The Labute approximate surface area is 142 Å². The summed E-state index contributed by atoms with van der Waals surface area (Å²) in [6.07, 6.45) is 3.16. The Morgan fingerprint density at radius 3 is 2.38 bits per heavy atom. The molecule has 0 saturated heterocycles. The molecule has 0 aliphatic rings. The number of aryl methyl sites for hydroxylation is 1. The van der Waals surface area contributed by atoms with Gasteiger partial charge in [-0.15, -0.1) is 0 Å². The third-order valence-corrected chi connectivity index (χ3v) is 3.94. The van der Waals surface area contributed by atoms with E-state index in [9.17, 15) is 4.79 Å². The van der Waals surface area contributed by atoms with Gasteiger partial charge >= 0.3 is 0 Å². The summed E-state index contributed by atoms with van der Waals surface area (Å²) in [4.78, 5) is 12.0. The average Bonchev–Trinajstić information content (AvgIpc) is 2.78. The maximum Gasteiger partial charge on any atom is 0.250 e. The van der Waals surface area contributed by atoms with Gasteiger partial charge in [0, 0.05) is 11.6 Å². The molecule has 4 nitrogen and oxygen atoms in total. The molecule has 1 aromatic carbocycles. The van der Waals surface area contributed by atoms with Gasteiger partial charge in [0.25, 0.3) is 5.91 Å². The number of furan rings is 1. The molecule has 1 amide bonds. The fourth-order valence-corrected chi connectivity index (χ4v) is 2.27. The number of rotatable bonds is 3. The Hall–Kier alpha value is -2.80. The SMILES string of the molecule is Cc1oc(NC(=O)/C=C/c2ccc(C(C)(C)C)cc2)c(C#N)c1C. The molecule has 0 saturated carbocycles. The van der Waals surface area contributed by atoms with Crippen molar-refractivity contribution in [2.24, 2.45) is 0 Å². The molecular weight excluding hydrogens is 300 g/mol. The van der Waals surface area contributed by atoms with Crippen LogP contribution in [0.4, 0.5) is 5.88 Å². The normalized spacial score (nSPS) is 11.5. The lowest BCUT2D eigenvalue weighted by molar-refractivity contribution is -0.111. The Morgan fingerprint density at radius 2 is 1.83 bits per heavy atom. The quantitative estimate of drug-likeness (QED) is 0.832. The van der Waals surface area contributed by atoms with Crippen LogP contribution in [-0.4, -0.2) is 5.91 Å². The van der Waals surface area contributed by atoms with Crippen LogP contribution in [0.5, 0.6) is 0 Å². The standard InChI is InChI=1S/C20H22N2O2/c1-13-14(2)24-19(17(13)12-21)22-18(23)11-8-15-6-9-16(10-7-15)20(3,4)5/h6-11H,1-5H3,(H,22,23)/b11-8+. The molecule has 0 radical (unpaired) electrons. The largest absolute Gasteiger partial charge is 0.444 e. The molecule has 0 unspecified atom stereocenters. The maximum absolute atomic E-state index is 12.0. The second-order valence-corrected chi connectivity index (χ2v) is 6.79. The van der Waals surface area contributed by atoms with E-state index in [1.165, 1.54) is 11.6 Å². The van der Waals surface area contributed by atoms with Crippen LogP contribution in [0.15, 0.2) is 34.8 Å². The van der Waals surface area contributed by atoms with Crippen LogP contribution in [0, 0.1) is 25.2 Å². The summed E-state index contributed by atoms with van der Waals surface area (Å²) in [5.41, 5.74) is 3.38. The first-order valence-electron chi connectivity index (χ1n) is 7.82. The highest BCUT2D eigenvalue weighted by Gasteiger charge is 2.15. The van der Waals surface area contributed by atoms with Gasteiger partial charge in [0.05, 0.1) is 0 Å². The van der Waals surface area contributed by atoms with Gasteiger partial charge in [-0.3, -0.25) is 10.1 Å². The van der Waals surface area contributed by atoms with Crippen molar-refractivity contribution in [3.05, 3.63) is 58.4 Å². The van der Waals surface area contributed by atoms with Gasteiger partial charge in [-0.25, -0.2) is 0 Å². The minimum Gasteiger partial charge on any atom is -0.444 e. The number of nitriles is 1. The number of nitrogens with zero attached hydrogens (tertiary/aromatic N) is 1. The molecular formula is C20H22N2O2. The van der Waals surface area contributed by atoms with Gasteiger partial charge in [0.1, 0.15) is 17.4 Å². The molecule has 2 rings (SSSR count). The summed E-state index contributed by atoms with van der Waals surface area (Å²) in [5.74, 6) is 0.494. The molecule has 0 spiro atoms. The molecule has 0 aliphatic heterocycles. The zero-order valence-corrected chi connectivity index (χ0v) is 14.7. The average molecular weight is 322 g/mol. The summed E-state index contributed by atoms with van der Waals surface area (Å²) in [5, 5.41) is 11.8. The van der Waals surface area contributed by atoms with E-state index in [2.05, 4.69) is 44.3 Å². The maximum atomic E-state index is 12.0. The molecule has 0 fully saturated rings. The number of hydrogen-bond donors (Lipinski definition) is 1. The molecule has 24 heavy (non-hydrogen) atoms. The van der Waals surface area contributed by atoms with Gasteiger partial charge in [-0.05, 0) is 36.5 Å². The Balaban J connectivity index is 2.09. The smallest absolute Gasteiger partial charge is 0.250 e. The van der Waals surface area contributed by atoms with E-state index >= 15 is 0 Å². The first-order valence-corrected chi connectivity index (χ1v) is 7.82. The lowest BCUT2D eigenvalue weighted by atomic mass is 9.87. The van der Waals surface area contributed by atoms with E-state index in [0.717, 1.165) is 11.1 Å². The minimum atomic E-state index is -0.333. The predicted molar refractivity (Wildman–Crippen MR) is 95.7 cm³/mol. The highest BCUT2D eigenvalue weighted by molar-refractivity contribution is 6.01. The fourth-order valence-electron chi connectivity index (χ4n) is 2.27. The third-order valence-electron chi connectivity index (χ3n) is 3.94. The number of nitrogens with one attached hydrogen (secondary N) is 1.